The normalized spacial score (nSPS) is 19.6. The first-order valence-corrected chi connectivity index (χ1v) is 12.6. The summed E-state index contributed by atoms with van der Waals surface area (Å²) in [4.78, 5) is 22.0. The Morgan fingerprint density at radius 3 is 2.53 bits per heavy atom. The van der Waals surface area contributed by atoms with Crippen LogP contribution < -0.4 is 10.6 Å². The fourth-order valence-corrected chi connectivity index (χ4v) is 4.36. The number of esters is 1. The first kappa shape index (κ1) is 25.8. The number of nitrogens with zero attached hydrogens (tertiary/aromatic N) is 2. The molecule has 0 unspecified atom stereocenters. The zero-order chi connectivity index (χ0) is 25.7. The predicted octanol–water partition coefficient (Wildman–Crippen LogP) is 3.53. The summed E-state index contributed by atoms with van der Waals surface area (Å²) >= 11 is 5.33. The third-order valence-corrected chi connectivity index (χ3v) is 6.30. The molecule has 0 saturated carbocycles. The molecule has 2 aromatic rings. The van der Waals surface area contributed by atoms with Gasteiger partial charge in [-0.2, -0.15) is 0 Å². The fourth-order valence-electron chi connectivity index (χ4n) is 4.14. The Balaban J connectivity index is 1.33. The molecule has 2 saturated heterocycles. The van der Waals surface area contributed by atoms with Crippen molar-refractivity contribution < 1.29 is 14.3 Å². The summed E-state index contributed by atoms with van der Waals surface area (Å²) in [6.07, 6.45) is 4.47. The van der Waals surface area contributed by atoms with Crippen molar-refractivity contribution in [3.63, 3.8) is 0 Å². The van der Waals surface area contributed by atoms with Gasteiger partial charge in [0.15, 0.2) is 16.8 Å². The Hall–Kier alpha value is -3.24. The van der Waals surface area contributed by atoms with Crippen molar-refractivity contribution in [3.05, 3.63) is 53.9 Å². The monoisotopic (exact) mass is 510 g/mol. The average Bonchev–Trinajstić information content (AvgIpc) is 3.49. The molecule has 2 aliphatic heterocycles. The molecule has 0 aliphatic carbocycles. The number of fused-ring (bicyclic) bond motifs is 2. The second kappa shape index (κ2) is 11.2. The van der Waals surface area contributed by atoms with E-state index in [1.165, 1.54) is 0 Å². The molecule has 2 bridgehead atoms. The van der Waals surface area contributed by atoms with Crippen molar-refractivity contribution in [2.75, 3.05) is 31.6 Å². The smallest absolute Gasteiger partial charge is 0.311 e. The Labute approximate surface area is 217 Å². The van der Waals surface area contributed by atoms with Crippen molar-refractivity contribution in [2.45, 2.75) is 45.8 Å². The number of hydrogen-bond donors (Lipinski definition) is 4. The van der Waals surface area contributed by atoms with Gasteiger partial charge in [-0.25, -0.2) is 4.99 Å². The van der Waals surface area contributed by atoms with Gasteiger partial charge in [0.2, 0.25) is 0 Å². The van der Waals surface area contributed by atoms with Crippen LogP contribution in [0.4, 0.5) is 5.69 Å². The van der Waals surface area contributed by atoms with Crippen LogP contribution in [-0.4, -0.2) is 71.1 Å². The highest BCUT2D eigenvalue weighted by Gasteiger charge is 2.35. The van der Waals surface area contributed by atoms with Gasteiger partial charge in [0.1, 0.15) is 6.61 Å². The molecule has 0 amide bonds. The lowest BCUT2D eigenvalue weighted by Crippen LogP contribution is -2.46. The van der Waals surface area contributed by atoms with Crippen molar-refractivity contribution in [3.8, 4) is 0 Å². The molecule has 36 heavy (non-hydrogen) atoms. The molecule has 10 heteroatoms. The lowest BCUT2D eigenvalue weighted by molar-refractivity contribution is -0.152. The van der Waals surface area contributed by atoms with Crippen LogP contribution in [0.5, 0.6) is 0 Å². The molecule has 3 heterocycles. The van der Waals surface area contributed by atoms with Crippen LogP contribution in [0.1, 0.15) is 44.9 Å². The van der Waals surface area contributed by atoms with E-state index < -0.39 is 5.41 Å². The molecule has 0 radical (unpaired) electrons. The summed E-state index contributed by atoms with van der Waals surface area (Å²) < 4.78 is 11.2. The second-order valence-corrected chi connectivity index (χ2v) is 10.5. The number of benzene rings is 1. The van der Waals surface area contributed by atoms with Crippen LogP contribution >= 0.6 is 12.2 Å². The SMILES string of the molecule is CC(C)(C)C(=O)OCCNC(=S)Nc1ccc(C(=N)N=C(c2ccc[nH]2)N2C[C@H]3CC[C@@H](C2)O3)cc1. The number of morpholine rings is 1. The highest BCUT2D eigenvalue weighted by molar-refractivity contribution is 7.80. The van der Waals surface area contributed by atoms with Gasteiger partial charge < -0.3 is 30.0 Å². The van der Waals surface area contributed by atoms with Gasteiger partial charge in [0.05, 0.1) is 29.9 Å². The van der Waals surface area contributed by atoms with E-state index in [2.05, 4.69) is 20.5 Å². The lowest BCUT2D eigenvalue weighted by atomic mass is 9.97. The summed E-state index contributed by atoms with van der Waals surface area (Å²) in [6.45, 7) is 7.66. The van der Waals surface area contributed by atoms with E-state index in [0.29, 0.717) is 17.2 Å². The Bertz CT molecular complexity index is 1100. The molecule has 1 aromatic heterocycles. The van der Waals surface area contributed by atoms with E-state index in [9.17, 15) is 4.79 Å². The lowest BCUT2D eigenvalue weighted by Gasteiger charge is -2.34. The van der Waals surface area contributed by atoms with Crippen molar-refractivity contribution in [1.29, 1.82) is 5.41 Å². The average molecular weight is 511 g/mol. The number of aliphatic imine (C=N–C) groups is 1. The maximum Gasteiger partial charge on any atom is 0.311 e. The summed E-state index contributed by atoms with van der Waals surface area (Å²) in [5, 5.41) is 15.2. The minimum absolute atomic E-state index is 0.186. The largest absolute Gasteiger partial charge is 0.463 e. The standard InChI is InChI=1S/C26H34N6O3S/c1-26(2,3)24(33)34-14-13-29-25(36)30-18-8-6-17(7-9-18)22(27)31-23(21-5-4-12-28-21)32-15-19-10-11-20(16-32)35-19/h4-9,12,19-20,27-28H,10-11,13-16H2,1-3H3,(H2,29,30,36)/t19-,20+. The van der Waals surface area contributed by atoms with Gasteiger partial charge in [-0.15, -0.1) is 0 Å². The minimum Gasteiger partial charge on any atom is -0.463 e. The molecule has 2 atom stereocenters. The third kappa shape index (κ3) is 6.70. The third-order valence-electron chi connectivity index (χ3n) is 6.05. The maximum absolute atomic E-state index is 11.8. The van der Waals surface area contributed by atoms with E-state index in [4.69, 9.17) is 32.1 Å². The van der Waals surface area contributed by atoms with Gasteiger partial charge in [0, 0.05) is 30.5 Å². The highest BCUT2D eigenvalue weighted by atomic mass is 32.1. The number of rotatable bonds is 6. The van der Waals surface area contributed by atoms with Crippen LogP contribution in [0.15, 0.2) is 47.6 Å². The van der Waals surface area contributed by atoms with E-state index in [1.807, 2.05) is 63.4 Å². The molecule has 1 aromatic carbocycles. The maximum atomic E-state index is 11.8. The number of likely N-dealkylation sites (tertiary alicyclic amines) is 1. The number of hydrogen-bond acceptors (Lipinski definition) is 5. The fraction of sp³-hybridized carbons (Fsp3) is 0.462. The topological polar surface area (TPSA) is 115 Å². The summed E-state index contributed by atoms with van der Waals surface area (Å²) in [5.41, 5.74) is 1.86. The predicted molar refractivity (Wildman–Crippen MR) is 145 cm³/mol. The zero-order valence-electron chi connectivity index (χ0n) is 21.0. The van der Waals surface area contributed by atoms with Crippen LogP contribution in [-0.2, 0) is 14.3 Å². The van der Waals surface area contributed by atoms with Gasteiger partial charge in [0.25, 0.3) is 0 Å². The first-order valence-electron chi connectivity index (χ1n) is 12.2. The number of aromatic amines is 1. The van der Waals surface area contributed by atoms with Gasteiger partial charge in [-0.3, -0.25) is 10.2 Å². The molecule has 9 nitrogen and oxygen atoms in total. The number of thiocarbonyl (C=S) groups is 1. The van der Waals surface area contributed by atoms with Crippen molar-refractivity contribution in [1.82, 2.24) is 15.2 Å². The zero-order valence-corrected chi connectivity index (χ0v) is 21.8. The molecule has 2 aliphatic rings. The number of nitrogens with one attached hydrogen (secondary N) is 4. The number of carbonyl (C=O) groups excluding carboxylic acids is 1. The molecule has 2 fully saturated rings. The van der Waals surface area contributed by atoms with E-state index >= 15 is 0 Å². The Morgan fingerprint density at radius 1 is 1.22 bits per heavy atom. The number of anilines is 1. The molecule has 4 rings (SSSR count). The summed E-state index contributed by atoms with van der Waals surface area (Å²) in [5.74, 6) is 0.709. The number of aromatic nitrogens is 1. The van der Waals surface area contributed by atoms with Crippen molar-refractivity contribution >= 4 is 40.7 Å². The molecule has 4 N–H and O–H groups in total. The molecule has 0 spiro atoms. The van der Waals surface area contributed by atoms with E-state index in [0.717, 1.165) is 43.1 Å². The van der Waals surface area contributed by atoms with Crippen LogP contribution in [0.2, 0.25) is 0 Å². The van der Waals surface area contributed by atoms with Crippen LogP contribution in [0, 0.1) is 10.8 Å². The first-order chi connectivity index (χ1) is 17.2. The van der Waals surface area contributed by atoms with Crippen LogP contribution in [0.3, 0.4) is 0 Å². The van der Waals surface area contributed by atoms with E-state index in [1.54, 1.807) is 0 Å². The molecular weight excluding hydrogens is 476 g/mol. The van der Waals surface area contributed by atoms with Gasteiger partial charge >= 0.3 is 5.97 Å². The summed E-state index contributed by atoms with van der Waals surface area (Å²) in [6, 6.07) is 11.3. The highest BCUT2D eigenvalue weighted by Crippen LogP contribution is 2.27. The van der Waals surface area contributed by atoms with Crippen LogP contribution in [0.25, 0.3) is 0 Å². The number of H-pyrrole nitrogens is 1. The number of ether oxygens (including phenoxy) is 2. The Morgan fingerprint density at radius 2 is 1.92 bits per heavy atom. The summed E-state index contributed by atoms with van der Waals surface area (Å²) in [7, 11) is 0. The number of carbonyl (C=O) groups is 1. The second-order valence-electron chi connectivity index (χ2n) is 10.1. The van der Waals surface area contributed by atoms with Gasteiger partial charge in [-0.1, -0.05) is 0 Å². The van der Waals surface area contributed by atoms with E-state index in [-0.39, 0.29) is 30.6 Å². The Kier molecular flexibility index (Phi) is 8.05. The number of amidine groups is 2. The van der Waals surface area contributed by atoms with Crippen molar-refractivity contribution in [2.24, 2.45) is 10.4 Å². The molecule has 192 valence electrons. The molecular formula is C26H34N6O3S. The van der Waals surface area contributed by atoms with Gasteiger partial charge in [-0.05, 0) is 82.2 Å². The quantitative estimate of drug-likeness (QED) is 0.155. The minimum atomic E-state index is -0.525.